The van der Waals surface area contributed by atoms with Gasteiger partial charge in [0.25, 0.3) is 0 Å². The zero-order valence-corrected chi connectivity index (χ0v) is 11.0. The Morgan fingerprint density at radius 2 is 2.12 bits per heavy atom. The Kier molecular flexibility index (Phi) is 5.11. The lowest BCUT2D eigenvalue weighted by molar-refractivity contribution is -0.141. The van der Waals surface area contributed by atoms with Crippen molar-refractivity contribution >= 4 is 0 Å². The summed E-state index contributed by atoms with van der Waals surface area (Å²) >= 11 is 0. The van der Waals surface area contributed by atoms with E-state index in [-0.39, 0.29) is 6.29 Å². The molecule has 0 saturated carbocycles. The van der Waals surface area contributed by atoms with Crippen molar-refractivity contribution in [3.8, 4) is 0 Å². The van der Waals surface area contributed by atoms with Crippen molar-refractivity contribution in [2.45, 2.75) is 38.1 Å². The maximum atomic E-state index is 10.2. The fourth-order valence-corrected chi connectivity index (χ4v) is 1.74. The fourth-order valence-electron chi connectivity index (χ4n) is 1.74. The van der Waals surface area contributed by atoms with Gasteiger partial charge in [-0.15, -0.1) is 0 Å². The van der Waals surface area contributed by atoms with Crippen LogP contribution in [0.15, 0.2) is 12.4 Å². The average Bonchev–Trinajstić information content (AvgIpc) is 2.70. The van der Waals surface area contributed by atoms with Crippen molar-refractivity contribution in [2.75, 3.05) is 14.2 Å². The van der Waals surface area contributed by atoms with Crippen LogP contribution >= 0.6 is 0 Å². The summed E-state index contributed by atoms with van der Waals surface area (Å²) in [5.41, 5.74) is 0.325. The van der Waals surface area contributed by atoms with Crippen LogP contribution in [0, 0.1) is 0 Å². The predicted octanol–water partition coefficient (Wildman–Crippen LogP) is 1.11. The Labute approximate surface area is 102 Å². The number of hydrogen-bond donors (Lipinski definition) is 1. The SMILES string of the molecule is COC(CC(C)(O)CCc1cnn(C)c1)OC. The van der Waals surface area contributed by atoms with Crippen LogP contribution < -0.4 is 0 Å². The summed E-state index contributed by atoms with van der Waals surface area (Å²) in [4.78, 5) is 0. The minimum absolute atomic E-state index is 0.362. The average molecular weight is 242 g/mol. The number of methoxy groups -OCH3 is 2. The van der Waals surface area contributed by atoms with E-state index in [0.29, 0.717) is 12.8 Å². The highest BCUT2D eigenvalue weighted by Gasteiger charge is 2.25. The lowest BCUT2D eigenvalue weighted by atomic mass is 9.94. The number of aromatic nitrogens is 2. The van der Waals surface area contributed by atoms with E-state index in [1.807, 2.05) is 19.4 Å². The van der Waals surface area contributed by atoms with Crippen molar-refractivity contribution in [3.63, 3.8) is 0 Å². The van der Waals surface area contributed by atoms with Gasteiger partial charge in [0.1, 0.15) is 0 Å². The molecule has 0 bridgehead atoms. The molecule has 0 aromatic carbocycles. The van der Waals surface area contributed by atoms with E-state index in [1.165, 1.54) is 0 Å². The molecule has 0 radical (unpaired) electrons. The molecule has 1 N–H and O–H groups in total. The third-order valence-corrected chi connectivity index (χ3v) is 2.84. The highest BCUT2D eigenvalue weighted by molar-refractivity contribution is 5.04. The second kappa shape index (κ2) is 6.14. The fraction of sp³-hybridized carbons (Fsp3) is 0.750. The molecule has 1 aromatic rings. The molecule has 0 aliphatic rings. The Morgan fingerprint density at radius 3 is 2.59 bits per heavy atom. The molecule has 0 spiro atoms. The summed E-state index contributed by atoms with van der Waals surface area (Å²) in [5, 5.41) is 14.3. The number of rotatable bonds is 7. The number of ether oxygens (including phenoxy) is 2. The highest BCUT2D eigenvalue weighted by Crippen LogP contribution is 2.20. The minimum Gasteiger partial charge on any atom is -0.390 e. The van der Waals surface area contributed by atoms with Gasteiger partial charge < -0.3 is 14.6 Å². The van der Waals surface area contributed by atoms with Crippen LogP contribution in [-0.4, -0.2) is 41.0 Å². The van der Waals surface area contributed by atoms with Crippen molar-refractivity contribution in [3.05, 3.63) is 18.0 Å². The molecule has 1 unspecified atom stereocenters. The normalized spacial score (nSPS) is 15.2. The van der Waals surface area contributed by atoms with E-state index in [0.717, 1.165) is 12.0 Å². The lowest BCUT2D eigenvalue weighted by Crippen LogP contribution is -2.32. The molecule has 0 saturated heterocycles. The number of nitrogens with zero attached hydrogens (tertiary/aromatic N) is 2. The summed E-state index contributed by atoms with van der Waals surface area (Å²) < 4.78 is 11.9. The first kappa shape index (κ1) is 14.2. The van der Waals surface area contributed by atoms with Gasteiger partial charge >= 0.3 is 0 Å². The first-order valence-electron chi connectivity index (χ1n) is 5.72. The van der Waals surface area contributed by atoms with Gasteiger partial charge in [-0.2, -0.15) is 5.10 Å². The van der Waals surface area contributed by atoms with Crippen LogP contribution in [0.5, 0.6) is 0 Å². The molecule has 1 rings (SSSR count). The Morgan fingerprint density at radius 1 is 1.47 bits per heavy atom. The van der Waals surface area contributed by atoms with Gasteiger partial charge in [0.05, 0.1) is 11.8 Å². The first-order chi connectivity index (χ1) is 7.96. The molecule has 1 atom stereocenters. The summed E-state index contributed by atoms with van der Waals surface area (Å²) in [6.45, 7) is 1.80. The van der Waals surface area contributed by atoms with Crippen LogP contribution in [0.1, 0.15) is 25.3 Å². The topological polar surface area (TPSA) is 56.5 Å². The third-order valence-electron chi connectivity index (χ3n) is 2.84. The van der Waals surface area contributed by atoms with E-state index >= 15 is 0 Å². The van der Waals surface area contributed by atoms with Crippen molar-refractivity contribution < 1.29 is 14.6 Å². The highest BCUT2D eigenvalue weighted by atomic mass is 16.7. The maximum Gasteiger partial charge on any atom is 0.159 e. The van der Waals surface area contributed by atoms with Crippen LogP contribution in [0.3, 0.4) is 0 Å². The molecule has 1 heterocycles. The van der Waals surface area contributed by atoms with Gasteiger partial charge in [0, 0.05) is 33.9 Å². The molecule has 98 valence electrons. The molecule has 1 aromatic heterocycles. The summed E-state index contributed by atoms with van der Waals surface area (Å²) in [6.07, 6.45) is 5.32. The molecule has 0 aliphatic heterocycles. The first-order valence-corrected chi connectivity index (χ1v) is 5.72. The molecular formula is C12H22N2O3. The third kappa shape index (κ3) is 4.85. The quantitative estimate of drug-likeness (QED) is 0.728. The largest absolute Gasteiger partial charge is 0.390 e. The second-order valence-corrected chi connectivity index (χ2v) is 4.62. The van der Waals surface area contributed by atoms with E-state index in [1.54, 1.807) is 25.8 Å². The Hall–Kier alpha value is -0.910. The van der Waals surface area contributed by atoms with E-state index in [2.05, 4.69) is 5.10 Å². The Bertz CT molecular complexity index is 332. The molecule has 0 amide bonds. The van der Waals surface area contributed by atoms with E-state index in [9.17, 15) is 5.11 Å². The van der Waals surface area contributed by atoms with Crippen LogP contribution in [-0.2, 0) is 22.9 Å². The number of hydrogen-bond acceptors (Lipinski definition) is 4. The molecule has 17 heavy (non-hydrogen) atoms. The smallest absolute Gasteiger partial charge is 0.159 e. The molecule has 5 nitrogen and oxygen atoms in total. The van der Waals surface area contributed by atoms with Gasteiger partial charge in [-0.1, -0.05) is 0 Å². The number of aryl methyl sites for hydroxylation is 2. The monoisotopic (exact) mass is 242 g/mol. The van der Waals surface area contributed by atoms with Gasteiger partial charge in [-0.25, -0.2) is 0 Å². The zero-order chi connectivity index (χ0) is 12.9. The maximum absolute atomic E-state index is 10.2. The predicted molar refractivity (Wildman–Crippen MR) is 64.6 cm³/mol. The lowest BCUT2D eigenvalue weighted by Gasteiger charge is -2.26. The van der Waals surface area contributed by atoms with Gasteiger partial charge in [0.2, 0.25) is 0 Å². The van der Waals surface area contributed by atoms with Crippen molar-refractivity contribution in [2.24, 2.45) is 7.05 Å². The van der Waals surface area contributed by atoms with Gasteiger partial charge in [-0.05, 0) is 25.3 Å². The molecule has 0 fully saturated rings. The van der Waals surface area contributed by atoms with Crippen LogP contribution in [0.2, 0.25) is 0 Å². The second-order valence-electron chi connectivity index (χ2n) is 4.62. The van der Waals surface area contributed by atoms with E-state index < -0.39 is 5.60 Å². The molecule has 0 aliphatic carbocycles. The number of aliphatic hydroxyl groups is 1. The van der Waals surface area contributed by atoms with Gasteiger partial charge in [-0.3, -0.25) is 4.68 Å². The van der Waals surface area contributed by atoms with Crippen molar-refractivity contribution in [1.29, 1.82) is 0 Å². The summed E-state index contributed by atoms with van der Waals surface area (Å²) in [5.74, 6) is 0. The van der Waals surface area contributed by atoms with E-state index in [4.69, 9.17) is 9.47 Å². The molecular weight excluding hydrogens is 220 g/mol. The Balaban J connectivity index is 2.43. The minimum atomic E-state index is -0.799. The summed E-state index contributed by atoms with van der Waals surface area (Å²) in [7, 11) is 5.03. The summed E-state index contributed by atoms with van der Waals surface area (Å²) in [6, 6.07) is 0. The van der Waals surface area contributed by atoms with Crippen LogP contribution in [0.4, 0.5) is 0 Å². The zero-order valence-electron chi connectivity index (χ0n) is 11.0. The standard InChI is InChI=1S/C12H22N2O3/c1-12(15,7-11(16-3)17-4)6-5-10-8-13-14(2)9-10/h8-9,11,15H,5-7H2,1-4H3. The van der Waals surface area contributed by atoms with Gasteiger partial charge in [0.15, 0.2) is 6.29 Å². The van der Waals surface area contributed by atoms with Crippen molar-refractivity contribution in [1.82, 2.24) is 9.78 Å². The molecule has 5 heteroatoms. The van der Waals surface area contributed by atoms with Crippen LogP contribution in [0.25, 0.3) is 0 Å².